The number of fused-ring (bicyclic) bond motifs is 1. The molecule has 2 heterocycles. The molecule has 0 bridgehead atoms. The fourth-order valence-electron chi connectivity index (χ4n) is 3.88. The summed E-state index contributed by atoms with van der Waals surface area (Å²) in [6.07, 6.45) is 3.79. The molecule has 1 saturated carbocycles. The Morgan fingerprint density at radius 3 is 2.68 bits per heavy atom. The third kappa shape index (κ3) is 2.53. The van der Waals surface area contributed by atoms with E-state index < -0.39 is 17.1 Å². The molecule has 0 radical (unpaired) electrons. The summed E-state index contributed by atoms with van der Waals surface area (Å²) in [5.74, 6) is 0.332. The quantitative estimate of drug-likeness (QED) is 0.922. The van der Waals surface area contributed by atoms with Crippen molar-refractivity contribution in [3.05, 3.63) is 32.7 Å². The summed E-state index contributed by atoms with van der Waals surface area (Å²) in [5, 5.41) is 0.163. The third-order valence-electron chi connectivity index (χ3n) is 5.40. The van der Waals surface area contributed by atoms with E-state index in [2.05, 4.69) is 11.9 Å². The SMILES string of the molecule is CCC1CCN(c2c(F)cc3c(=O)[nH]c(=O)n(C4CC4)c3c2OC)C1. The van der Waals surface area contributed by atoms with Crippen LogP contribution in [0.5, 0.6) is 5.75 Å². The number of rotatable bonds is 4. The molecule has 2 aliphatic rings. The first-order chi connectivity index (χ1) is 12.0. The van der Waals surface area contributed by atoms with E-state index in [1.165, 1.54) is 13.2 Å². The highest BCUT2D eigenvalue weighted by Gasteiger charge is 2.32. The molecule has 25 heavy (non-hydrogen) atoms. The number of H-pyrrole nitrogens is 1. The molecule has 6 nitrogen and oxygen atoms in total. The van der Waals surface area contributed by atoms with Gasteiger partial charge in [0.1, 0.15) is 11.2 Å². The van der Waals surface area contributed by atoms with Crippen molar-refractivity contribution >= 4 is 16.6 Å². The average Bonchev–Trinajstić information content (AvgIpc) is 3.31. The van der Waals surface area contributed by atoms with Crippen molar-refractivity contribution in [2.45, 2.75) is 38.6 Å². The zero-order valence-corrected chi connectivity index (χ0v) is 14.5. The largest absolute Gasteiger partial charge is 0.492 e. The van der Waals surface area contributed by atoms with Crippen LogP contribution in [0.1, 0.15) is 38.6 Å². The predicted molar refractivity (Wildman–Crippen MR) is 94.2 cm³/mol. The lowest BCUT2D eigenvalue weighted by atomic mass is 10.1. The summed E-state index contributed by atoms with van der Waals surface area (Å²) in [5.41, 5.74) is -0.252. The van der Waals surface area contributed by atoms with Gasteiger partial charge >= 0.3 is 5.69 Å². The fraction of sp³-hybridized carbons (Fsp3) is 0.556. The molecular formula is C18H22FN3O3. The Balaban J connectivity index is 2.01. The summed E-state index contributed by atoms with van der Waals surface area (Å²) in [4.78, 5) is 28.9. The molecule has 0 spiro atoms. The van der Waals surface area contributed by atoms with Crippen LogP contribution in [0.3, 0.4) is 0 Å². The molecule has 1 aromatic heterocycles. The maximum atomic E-state index is 14.9. The Hall–Kier alpha value is -2.31. The number of anilines is 1. The summed E-state index contributed by atoms with van der Waals surface area (Å²) >= 11 is 0. The second kappa shape index (κ2) is 5.89. The molecule has 1 saturated heterocycles. The second-order valence-corrected chi connectivity index (χ2v) is 7.01. The molecule has 2 fully saturated rings. The Morgan fingerprint density at radius 2 is 2.08 bits per heavy atom. The van der Waals surface area contributed by atoms with Crippen molar-refractivity contribution in [1.29, 1.82) is 0 Å². The van der Waals surface area contributed by atoms with Gasteiger partial charge in [0.15, 0.2) is 11.6 Å². The van der Waals surface area contributed by atoms with Gasteiger partial charge < -0.3 is 9.64 Å². The zero-order valence-electron chi connectivity index (χ0n) is 14.5. The Kier molecular flexibility index (Phi) is 3.81. The first-order valence-electron chi connectivity index (χ1n) is 8.85. The van der Waals surface area contributed by atoms with Crippen LogP contribution in [0.4, 0.5) is 10.1 Å². The fourth-order valence-corrected chi connectivity index (χ4v) is 3.88. The monoisotopic (exact) mass is 347 g/mol. The highest BCUT2D eigenvalue weighted by Crippen LogP contribution is 2.43. The maximum absolute atomic E-state index is 14.9. The van der Waals surface area contributed by atoms with Crippen LogP contribution in [-0.2, 0) is 0 Å². The second-order valence-electron chi connectivity index (χ2n) is 7.01. The number of hydrogen-bond donors (Lipinski definition) is 1. The molecular weight excluding hydrogens is 325 g/mol. The van der Waals surface area contributed by atoms with Gasteiger partial charge in [-0.1, -0.05) is 13.3 Å². The van der Waals surface area contributed by atoms with Crippen molar-refractivity contribution < 1.29 is 9.13 Å². The van der Waals surface area contributed by atoms with E-state index in [0.717, 1.165) is 38.8 Å². The van der Waals surface area contributed by atoms with Crippen LogP contribution < -0.4 is 20.9 Å². The number of nitrogens with one attached hydrogen (secondary N) is 1. The lowest BCUT2D eigenvalue weighted by molar-refractivity contribution is 0.413. The summed E-state index contributed by atoms with van der Waals surface area (Å²) in [6.45, 7) is 3.63. The van der Waals surface area contributed by atoms with E-state index in [9.17, 15) is 14.0 Å². The van der Waals surface area contributed by atoms with E-state index >= 15 is 0 Å². The van der Waals surface area contributed by atoms with Crippen molar-refractivity contribution in [3.8, 4) is 5.75 Å². The number of aromatic nitrogens is 2. The molecule has 1 aromatic carbocycles. The van der Waals surface area contributed by atoms with Crippen LogP contribution in [0.2, 0.25) is 0 Å². The molecule has 134 valence electrons. The van der Waals surface area contributed by atoms with E-state index in [1.807, 2.05) is 4.90 Å². The standard InChI is InChI=1S/C18H22FN3O3/c1-3-10-6-7-21(9-10)15-13(19)8-12-14(16(15)25-2)22(11-4-5-11)18(24)20-17(12)23/h8,10-11H,3-7,9H2,1-2H3,(H,20,23,24). The molecule has 4 rings (SSSR count). The van der Waals surface area contributed by atoms with Crippen molar-refractivity contribution in [3.63, 3.8) is 0 Å². The Labute approximate surface area is 144 Å². The van der Waals surface area contributed by atoms with Gasteiger partial charge in [-0.05, 0) is 31.2 Å². The minimum atomic E-state index is -0.575. The molecule has 7 heteroatoms. The molecule has 1 aliphatic carbocycles. The van der Waals surface area contributed by atoms with E-state index in [0.29, 0.717) is 22.9 Å². The van der Waals surface area contributed by atoms with Gasteiger partial charge in [0.25, 0.3) is 5.56 Å². The van der Waals surface area contributed by atoms with Crippen LogP contribution in [0.15, 0.2) is 15.7 Å². The third-order valence-corrected chi connectivity index (χ3v) is 5.40. The van der Waals surface area contributed by atoms with E-state index in [4.69, 9.17) is 4.74 Å². The normalized spacial score (nSPS) is 20.4. The van der Waals surface area contributed by atoms with E-state index in [-0.39, 0.29) is 11.4 Å². The van der Waals surface area contributed by atoms with Gasteiger partial charge in [-0.3, -0.25) is 14.3 Å². The van der Waals surface area contributed by atoms with Crippen LogP contribution in [-0.4, -0.2) is 29.8 Å². The summed E-state index contributed by atoms with van der Waals surface area (Å²) in [7, 11) is 1.47. The lowest BCUT2D eigenvalue weighted by Crippen LogP contribution is -2.31. The minimum absolute atomic E-state index is 0.0426. The van der Waals surface area contributed by atoms with Crippen LogP contribution in [0, 0.1) is 11.7 Å². The molecule has 2 aromatic rings. The van der Waals surface area contributed by atoms with Gasteiger partial charge in [-0.2, -0.15) is 0 Å². The average molecular weight is 347 g/mol. The van der Waals surface area contributed by atoms with Gasteiger partial charge in [0, 0.05) is 19.1 Å². The Bertz CT molecular complexity index is 945. The number of halogens is 1. The smallest absolute Gasteiger partial charge is 0.329 e. The van der Waals surface area contributed by atoms with Crippen LogP contribution >= 0.6 is 0 Å². The molecule has 0 amide bonds. The van der Waals surface area contributed by atoms with Gasteiger partial charge in [0.05, 0.1) is 12.5 Å². The highest BCUT2D eigenvalue weighted by molar-refractivity contribution is 5.91. The summed E-state index contributed by atoms with van der Waals surface area (Å²) in [6, 6.07) is 1.28. The minimum Gasteiger partial charge on any atom is -0.492 e. The maximum Gasteiger partial charge on any atom is 0.329 e. The Morgan fingerprint density at radius 1 is 1.32 bits per heavy atom. The zero-order chi connectivity index (χ0) is 17.7. The molecule has 1 aliphatic heterocycles. The first-order valence-corrected chi connectivity index (χ1v) is 8.85. The van der Waals surface area contributed by atoms with Crippen molar-refractivity contribution in [1.82, 2.24) is 9.55 Å². The predicted octanol–water partition coefficient (Wildman–Crippen LogP) is 2.41. The number of methoxy groups -OCH3 is 1. The van der Waals surface area contributed by atoms with E-state index in [1.54, 1.807) is 4.57 Å². The topological polar surface area (TPSA) is 67.3 Å². The lowest BCUT2D eigenvalue weighted by Gasteiger charge is -2.24. The first kappa shape index (κ1) is 16.2. The van der Waals surface area contributed by atoms with Crippen LogP contribution in [0.25, 0.3) is 10.9 Å². The van der Waals surface area contributed by atoms with Gasteiger partial charge in [0.2, 0.25) is 0 Å². The molecule has 1 N–H and O–H groups in total. The number of aromatic amines is 1. The number of hydrogen-bond acceptors (Lipinski definition) is 4. The van der Waals surface area contributed by atoms with Gasteiger partial charge in [-0.15, -0.1) is 0 Å². The molecule has 1 atom stereocenters. The molecule has 1 unspecified atom stereocenters. The number of nitrogens with zero attached hydrogens (tertiary/aromatic N) is 2. The number of benzene rings is 1. The number of ether oxygens (including phenoxy) is 1. The highest BCUT2D eigenvalue weighted by atomic mass is 19.1. The van der Waals surface area contributed by atoms with Gasteiger partial charge in [-0.25, -0.2) is 9.18 Å². The van der Waals surface area contributed by atoms with Crippen molar-refractivity contribution in [2.24, 2.45) is 5.92 Å². The summed E-state index contributed by atoms with van der Waals surface area (Å²) < 4.78 is 22.0. The van der Waals surface area contributed by atoms with Crippen molar-refractivity contribution in [2.75, 3.05) is 25.1 Å².